The summed E-state index contributed by atoms with van der Waals surface area (Å²) in [6.45, 7) is 2.12. The smallest absolute Gasteiger partial charge is 0.0715 e. The van der Waals surface area contributed by atoms with E-state index in [0.29, 0.717) is 5.02 Å². The van der Waals surface area contributed by atoms with Gasteiger partial charge < -0.3 is 0 Å². The van der Waals surface area contributed by atoms with E-state index in [4.69, 9.17) is 16.6 Å². The van der Waals surface area contributed by atoms with Crippen LogP contribution in [0.1, 0.15) is 11.1 Å². The molecule has 0 bridgehead atoms. The Morgan fingerprint density at radius 2 is 1.68 bits per heavy atom. The molecule has 0 atom stereocenters. The van der Waals surface area contributed by atoms with Crippen molar-refractivity contribution in [3.63, 3.8) is 0 Å². The summed E-state index contributed by atoms with van der Waals surface area (Å²) in [5.74, 6) is 0. The Labute approximate surface area is 158 Å². The summed E-state index contributed by atoms with van der Waals surface area (Å²) in [5.41, 5.74) is 4.07. The molecule has 0 spiro atoms. The maximum absolute atomic E-state index is 6.16. The van der Waals surface area contributed by atoms with Crippen LogP contribution >= 0.6 is 23.4 Å². The molecule has 3 heteroatoms. The van der Waals surface area contributed by atoms with Crippen LogP contribution in [0.5, 0.6) is 0 Å². The molecule has 25 heavy (non-hydrogen) atoms. The van der Waals surface area contributed by atoms with Crippen LogP contribution in [-0.4, -0.2) is 5.71 Å². The topological polar surface area (TPSA) is 12.4 Å². The van der Waals surface area contributed by atoms with Crippen molar-refractivity contribution in [2.75, 3.05) is 0 Å². The third-order valence-corrected chi connectivity index (χ3v) is 4.86. The highest BCUT2D eigenvalue weighted by Crippen LogP contribution is 2.24. The summed E-state index contributed by atoms with van der Waals surface area (Å²) in [6.07, 6.45) is 2.04. The minimum absolute atomic E-state index is 0.707. The zero-order valence-corrected chi connectivity index (χ0v) is 15.5. The maximum Gasteiger partial charge on any atom is 0.0715 e. The van der Waals surface area contributed by atoms with Crippen molar-refractivity contribution in [3.05, 3.63) is 106 Å². The predicted molar refractivity (Wildman–Crippen MR) is 110 cm³/mol. The average Bonchev–Trinajstić information content (AvgIpc) is 2.63. The molecular formula is C22H18ClNS. The normalized spacial score (nSPS) is 11.8. The minimum Gasteiger partial charge on any atom is -0.248 e. The molecule has 0 aliphatic heterocycles. The summed E-state index contributed by atoms with van der Waals surface area (Å²) >= 11 is 7.85. The number of allylic oxidation sites excluding steroid dienone is 1. The van der Waals surface area contributed by atoms with E-state index >= 15 is 0 Å². The molecule has 0 amide bonds. The molecule has 1 nitrogen and oxygen atoms in total. The Morgan fingerprint density at radius 3 is 2.44 bits per heavy atom. The van der Waals surface area contributed by atoms with Crippen molar-refractivity contribution in [3.8, 4) is 0 Å². The fourth-order valence-corrected chi connectivity index (χ4v) is 3.29. The number of hydrogen-bond donors (Lipinski definition) is 0. The van der Waals surface area contributed by atoms with Gasteiger partial charge in [0.2, 0.25) is 0 Å². The Bertz CT molecular complexity index is 901. The molecule has 0 heterocycles. The molecule has 3 aromatic carbocycles. The van der Waals surface area contributed by atoms with E-state index in [2.05, 4.69) is 36.6 Å². The highest BCUT2D eigenvalue weighted by molar-refractivity contribution is 8.02. The van der Waals surface area contributed by atoms with E-state index in [9.17, 15) is 0 Å². The van der Waals surface area contributed by atoms with E-state index in [-0.39, 0.29) is 0 Å². The van der Waals surface area contributed by atoms with Crippen LogP contribution in [0.3, 0.4) is 0 Å². The van der Waals surface area contributed by atoms with Crippen LogP contribution in [0, 0.1) is 6.92 Å². The predicted octanol–water partition coefficient (Wildman–Crippen LogP) is 7.08. The van der Waals surface area contributed by atoms with Gasteiger partial charge in [0.05, 0.1) is 11.4 Å². The number of hydrogen-bond acceptors (Lipinski definition) is 2. The van der Waals surface area contributed by atoms with Crippen LogP contribution in [0.4, 0.5) is 5.69 Å². The maximum atomic E-state index is 6.16. The Kier molecular flexibility index (Phi) is 6.10. The van der Waals surface area contributed by atoms with E-state index in [1.807, 2.05) is 60.7 Å². The number of halogens is 1. The molecule has 0 saturated carbocycles. The molecule has 3 aromatic rings. The van der Waals surface area contributed by atoms with Crippen molar-refractivity contribution >= 4 is 34.8 Å². The number of aryl methyl sites for hydroxylation is 1. The summed E-state index contributed by atoms with van der Waals surface area (Å²) in [6, 6.07) is 26.1. The van der Waals surface area contributed by atoms with Gasteiger partial charge in [0, 0.05) is 15.5 Å². The quantitative estimate of drug-likeness (QED) is 0.348. The lowest BCUT2D eigenvalue weighted by Crippen LogP contribution is -1.96. The second kappa shape index (κ2) is 8.70. The van der Waals surface area contributed by atoms with Crippen LogP contribution in [0.25, 0.3) is 0 Å². The molecule has 0 aliphatic rings. The van der Waals surface area contributed by atoms with Gasteiger partial charge in [0.25, 0.3) is 0 Å². The lowest BCUT2D eigenvalue weighted by atomic mass is 10.1. The molecular weight excluding hydrogens is 346 g/mol. The number of nitrogens with zero attached hydrogens (tertiary/aromatic N) is 1. The molecule has 0 saturated heterocycles. The Balaban J connectivity index is 1.90. The van der Waals surface area contributed by atoms with Gasteiger partial charge >= 0.3 is 0 Å². The Morgan fingerprint density at radius 1 is 0.920 bits per heavy atom. The van der Waals surface area contributed by atoms with Gasteiger partial charge in [-0.15, -0.1) is 0 Å². The Hall–Kier alpha value is -2.29. The molecule has 0 fully saturated rings. The SMILES string of the molecule is Cc1ccccc1SC=CC(=Nc1ccccc1)c1cccc(Cl)c1. The van der Waals surface area contributed by atoms with Gasteiger partial charge in [0.1, 0.15) is 0 Å². The summed E-state index contributed by atoms with van der Waals surface area (Å²) in [4.78, 5) is 6.02. The van der Waals surface area contributed by atoms with Crippen LogP contribution in [-0.2, 0) is 0 Å². The standard InChI is InChI=1S/C22H18ClNS/c1-17-8-5-6-13-22(17)25-15-14-21(18-9-7-10-19(23)16-18)24-20-11-3-2-4-12-20/h2-16H,1H3. The molecule has 0 unspecified atom stereocenters. The molecule has 0 radical (unpaired) electrons. The number of aliphatic imine (C=N–C) groups is 1. The average molecular weight is 364 g/mol. The molecule has 0 aromatic heterocycles. The van der Waals surface area contributed by atoms with Crippen molar-refractivity contribution in [1.29, 1.82) is 0 Å². The second-order valence-electron chi connectivity index (χ2n) is 5.53. The van der Waals surface area contributed by atoms with Gasteiger partial charge in [-0.2, -0.15) is 0 Å². The molecule has 0 N–H and O–H groups in total. The molecule has 124 valence electrons. The van der Waals surface area contributed by atoms with Crippen LogP contribution in [0.2, 0.25) is 5.02 Å². The highest BCUT2D eigenvalue weighted by Gasteiger charge is 2.02. The highest BCUT2D eigenvalue weighted by atomic mass is 35.5. The third-order valence-electron chi connectivity index (χ3n) is 3.64. The lowest BCUT2D eigenvalue weighted by Gasteiger charge is -2.04. The van der Waals surface area contributed by atoms with Crippen molar-refractivity contribution in [2.24, 2.45) is 4.99 Å². The summed E-state index contributed by atoms with van der Waals surface area (Å²) in [5, 5.41) is 2.78. The zero-order chi connectivity index (χ0) is 17.5. The summed E-state index contributed by atoms with van der Waals surface area (Å²) in [7, 11) is 0. The third kappa shape index (κ3) is 5.09. The molecule has 3 rings (SSSR count). The van der Waals surface area contributed by atoms with Crippen molar-refractivity contribution in [1.82, 2.24) is 0 Å². The van der Waals surface area contributed by atoms with Crippen LogP contribution < -0.4 is 0 Å². The first-order valence-electron chi connectivity index (χ1n) is 8.01. The second-order valence-corrected chi connectivity index (χ2v) is 6.91. The van der Waals surface area contributed by atoms with Crippen molar-refractivity contribution < 1.29 is 0 Å². The monoisotopic (exact) mass is 363 g/mol. The zero-order valence-electron chi connectivity index (χ0n) is 13.9. The number of para-hydroxylation sites is 1. The minimum atomic E-state index is 0.707. The molecule has 0 aliphatic carbocycles. The number of benzene rings is 3. The van der Waals surface area contributed by atoms with Gasteiger partial charge in [-0.05, 0) is 54.3 Å². The first-order valence-corrected chi connectivity index (χ1v) is 9.27. The summed E-state index contributed by atoms with van der Waals surface area (Å²) < 4.78 is 0. The van der Waals surface area contributed by atoms with E-state index in [1.165, 1.54) is 10.5 Å². The first kappa shape index (κ1) is 17.5. The van der Waals surface area contributed by atoms with E-state index in [0.717, 1.165) is 17.0 Å². The van der Waals surface area contributed by atoms with Crippen molar-refractivity contribution in [2.45, 2.75) is 11.8 Å². The fourth-order valence-electron chi connectivity index (χ4n) is 2.35. The van der Waals surface area contributed by atoms with Gasteiger partial charge in [0.15, 0.2) is 0 Å². The number of thioether (sulfide) groups is 1. The van der Waals surface area contributed by atoms with E-state index < -0.39 is 0 Å². The van der Waals surface area contributed by atoms with Gasteiger partial charge in [-0.3, -0.25) is 0 Å². The lowest BCUT2D eigenvalue weighted by molar-refractivity contribution is 1.31. The first-order chi connectivity index (χ1) is 12.2. The number of rotatable bonds is 5. The van der Waals surface area contributed by atoms with Gasteiger partial charge in [-0.1, -0.05) is 71.9 Å². The van der Waals surface area contributed by atoms with E-state index in [1.54, 1.807) is 11.8 Å². The van der Waals surface area contributed by atoms with Gasteiger partial charge in [-0.25, -0.2) is 4.99 Å². The largest absolute Gasteiger partial charge is 0.248 e. The van der Waals surface area contributed by atoms with Crippen LogP contribution in [0.15, 0.2) is 100 Å². The fraction of sp³-hybridized carbons (Fsp3) is 0.0455.